The zero-order chi connectivity index (χ0) is 11.4. The highest BCUT2D eigenvalue weighted by molar-refractivity contribution is 7.10. The van der Waals surface area contributed by atoms with E-state index in [1.54, 1.807) is 11.4 Å². The van der Waals surface area contributed by atoms with Crippen molar-refractivity contribution in [3.05, 3.63) is 21.9 Å². The van der Waals surface area contributed by atoms with Crippen LogP contribution in [0.4, 0.5) is 4.79 Å². The van der Waals surface area contributed by atoms with Gasteiger partial charge in [-0.05, 0) is 17.0 Å². The molecule has 2 unspecified atom stereocenters. The van der Waals surface area contributed by atoms with Gasteiger partial charge in [-0.2, -0.15) is 5.06 Å². The lowest BCUT2D eigenvalue weighted by molar-refractivity contribution is -0.142. The topological polar surface area (TPSA) is 81.1 Å². The van der Waals surface area contributed by atoms with E-state index in [2.05, 4.69) is 0 Å². The number of rotatable bonds is 1. The van der Waals surface area contributed by atoms with Crippen LogP contribution in [-0.4, -0.2) is 38.8 Å². The summed E-state index contributed by atoms with van der Waals surface area (Å²) in [5.74, 6) is -1.06. The molecule has 2 N–H and O–H groups in total. The fourth-order valence-corrected chi connectivity index (χ4v) is 3.33. The van der Waals surface area contributed by atoms with Crippen molar-refractivity contribution in [1.29, 1.82) is 0 Å². The first kappa shape index (κ1) is 9.61. The van der Waals surface area contributed by atoms with Crippen LogP contribution in [0.15, 0.2) is 11.4 Å². The van der Waals surface area contributed by atoms with Gasteiger partial charge in [-0.15, -0.1) is 11.3 Å². The van der Waals surface area contributed by atoms with Crippen molar-refractivity contribution in [1.82, 2.24) is 9.96 Å². The summed E-state index contributed by atoms with van der Waals surface area (Å²) in [6.45, 7) is 0.232. The minimum absolute atomic E-state index is 0.232. The first-order valence-corrected chi connectivity index (χ1v) is 5.58. The smallest absolute Gasteiger partial charge is 0.345 e. The third-order valence-electron chi connectivity index (χ3n) is 2.99. The normalized spacial score (nSPS) is 27.2. The van der Waals surface area contributed by atoms with Crippen LogP contribution in [0.2, 0.25) is 0 Å². The number of carboxylic acids is 1. The molecular weight excluding hydrogens is 232 g/mol. The number of carboxylic acid groups (broad SMARTS) is 1. The van der Waals surface area contributed by atoms with E-state index in [0.29, 0.717) is 9.94 Å². The monoisotopic (exact) mass is 240 g/mol. The van der Waals surface area contributed by atoms with E-state index in [9.17, 15) is 14.8 Å². The van der Waals surface area contributed by atoms with Gasteiger partial charge in [0.05, 0.1) is 6.54 Å². The predicted molar refractivity (Wildman–Crippen MR) is 53.2 cm³/mol. The maximum absolute atomic E-state index is 11.6. The second kappa shape index (κ2) is 2.96. The van der Waals surface area contributed by atoms with Crippen LogP contribution in [0.5, 0.6) is 0 Å². The summed E-state index contributed by atoms with van der Waals surface area (Å²) in [6, 6.07) is -0.263. The lowest BCUT2D eigenvalue weighted by atomic mass is 10.00. The fourth-order valence-electron chi connectivity index (χ4n) is 2.27. The van der Waals surface area contributed by atoms with Crippen LogP contribution in [0.1, 0.15) is 22.5 Å². The van der Waals surface area contributed by atoms with E-state index in [1.165, 1.54) is 16.2 Å². The predicted octanol–water partition coefficient (Wildman–Crippen LogP) is 1.06. The summed E-state index contributed by atoms with van der Waals surface area (Å²) >= 11 is 1.30. The van der Waals surface area contributed by atoms with Crippen LogP contribution in [0.25, 0.3) is 0 Å². The highest BCUT2D eigenvalue weighted by atomic mass is 32.1. The molecule has 1 aromatic heterocycles. The Morgan fingerprint density at radius 3 is 3.00 bits per heavy atom. The number of carbonyl (C=O) groups excluding carboxylic acids is 1. The third-order valence-corrected chi connectivity index (χ3v) is 3.97. The number of amides is 2. The molecule has 6 nitrogen and oxygen atoms in total. The van der Waals surface area contributed by atoms with Gasteiger partial charge < -0.3 is 10.0 Å². The van der Waals surface area contributed by atoms with Gasteiger partial charge in [0, 0.05) is 4.88 Å². The molecule has 3 heterocycles. The third kappa shape index (κ3) is 0.987. The Kier molecular flexibility index (Phi) is 1.78. The Bertz CT molecular complexity index is 486. The highest BCUT2D eigenvalue weighted by Crippen LogP contribution is 2.45. The molecular formula is C9H8N2O4S. The number of fused-ring (bicyclic) bond motifs is 4. The Labute approximate surface area is 94.3 Å². The summed E-state index contributed by atoms with van der Waals surface area (Å²) in [5, 5.41) is 21.1. The molecule has 0 saturated carbocycles. The minimum Gasteiger partial charge on any atom is -0.479 e. The van der Waals surface area contributed by atoms with Crippen molar-refractivity contribution in [3.8, 4) is 0 Å². The Hall–Kier alpha value is -1.60. The largest absolute Gasteiger partial charge is 0.479 e. The fraction of sp³-hybridized carbons (Fsp3) is 0.333. The first-order valence-electron chi connectivity index (χ1n) is 4.70. The Morgan fingerprint density at radius 1 is 1.56 bits per heavy atom. The minimum atomic E-state index is -1.06. The van der Waals surface area contributed by atoms with Crippen LogP contribution in [-0.2, 0) is 4.79 Å². The van der Waals surface area contributed by atoms with Crippen molar-refractivity contribution in [2.75, 3.05) is 6.54 Å². The van der Waals surface area contributed by atoms with E-state index in [0.717, 1.165) is 5.56 Å². The molecule has 0 spiro atoms. The van der Waals surface area contributed by atoms with E-state index >= 15 is 0 Å². The number of nitrogens with zero attached hydrogens (tertiary/aromatic N) is 2. The number of aliphatic carboxylic acids is 1. The standard InChI is InChI=1S/C9H8N2O4S/c12-8(13)6-7-4(1-2-16-7)5-3-10(6)9(14)11(5)15/h1-2,5-6,15H,3H2,(H,12,13). The maximum Gasteiger partial charge on any atom is 0.345 e. The van der Waals surface area contributed by atoms with Crippen LogP contribution in [0, 0.1) is 0 Å². The van der Waals surface area contributed by atoms with Gasteiger partial charge in [-0.25, -0.2) is 9.59 Å². The number of thiophene rings is 1. The molecule has 0 aromatic carbocycles. The van der Waals surface area contributed by atoms with Gasteiger partial charge in [0.1, 0.15) is 6.04 Å². The molecule has 2 bridgehead atoms. The summed E-state index contributed by atoms with van der Waals surface area (Å²) < 4.78 is 0. The van der Waals surface area contributed by atoms with Gasteiger partial charge in [-0.1, -0.05) is 0 Å². The van der Waals surface area contributed by atoms with E-state index < -0.39 is 24.1 Å². The van der Waals surface area contributed by atoms with Crippen molar-refractivity contribution in [3.63, 3.8) is 0 Å². The van der Waals surface area contributed by atoms with Crippen molar-refractivity contribution in [2.24, 2.45) is 0 Å². The molecule has 0 aliphatic carbocycles. The van der Waals surface area contributed by atoms with E-state index in [4.69, 9.17) is 5.11 Å². The molecule has 1 saturated heterocycles. The molecule has 2 aliphatic rings. The van der Waals surface area contributed by atoms with Crippen LogP contribution >= 0.6 is 11.3 Å². The molecule has 7 heteroatoms. The van der Waals surface area contributed by atoms with Crippen molar-refractivity contribution in [2.45, 2.75) is 12.1 Å². The molecule has 0 radical (unpaired) electrons. The molecule has 2 amide bonds. The molecule has 2 aliphatic heterocycles. The van der Waals surface area contributed by atoms with Gasteiger partial charge in [0.25, 0.3) is 0 Å². The number of hydrogen-bond acceptors (Lipinski definition) is 4. The summed E-state index contributed by atoms with van der Waals surface area (Å²) in [6.07, 6.45) is 0. The summed E-state index contributed by atoms with van der Waals surface area (Å²) in [7, 11) is 0. The molecule has 1 aromatic rings. The maximum atomic E-state index is 11.6. The second-order valence-corrected chi connectivity index (χ2v) is 4.72. The zero-order valence-electron chi connectivity index (χ0n) is 8.03. The second-order valence-electron chi connectivity index (χ2n) is 3.78. The van der Waals surface area contributed by atoms with Crippen LogP contribution < -0.4 is 0 Å². The number of hydroxylamine groups is 2. The first-order chi connectivity index (χ1) is 7.61. The average Bonchev–Trinajstić information content (AvgIpc) is 2.79. The highest BCUT2D eigenvalue weighted by Gasteiger charge is 2.50. The molecule has 3 rings (SSSR count). The van der Waals surface area contributed by atoms with Crippen molar-refractivity contribution < 1.29 is 19.9 Å². The lowest BCUT2D eigenvalue weighted by Gasteiger charge is -2.27. The molecule has 1 fully saturated rings. The van der Waals surface area contributed by atoms with Gasteiger partial charge in [0.15, 0.2) is 6.04 Å². The number of hydrogen-bond donors (Lipinski definition) is 2. The lowest BCUT2D eigenvalue weighted by Crippen LogP contribution is -2.37. The van der Waals surface area contributed by atoms with Gasteiger partial charge in [-0.3, -0.25) is 5.21 Å². The number of carbonyl (C=O) groups is 2. The Morgan fingerprint density at radius 2 is 2.31 bits per heavy atom. The quantitative estimate of drug-likeness (QED) is 0.719. The molecule has 2 atom stereocenters. The van der Waals surface area contributed by atoms with Gasteiger partial charge in [0.2, 0.25) is 0 Å². The van der Waals surface area contributed by atoms with Gasteiger partial charge >= 0.3 is 12.0 Å². The zero-order valence-corrected chi connectivity index (χ0v) is 8.85. The summed E-state index contributed by atoms with van der Waals surface area (Å²) in [5.41, 5.74) is 0.738. The van der Waals surface area contributed by atoms with E-state index in [-0.39, 0.29) is 6.54 Å². The summed E-state index contributed by atoms with van der Waals surface area (Å²) in [4.78, 5) is 24.6. The molecule has 84 valence electrons. The Balaban J connectivity index is 2.18. The van der Waals surface area contributed by atoms with Crippen LogP contribution in [0.3, 0.4) is 0 Å². The SMILES string of the molecule is O=C(O)C1c2sccc2C2CN1C(=O)N2O. The number of urea groups is 1. The van der Waals surface area contributed by atoms with Crippen molar-refractivity contribution >= 4 is 23.3 Å². The molecule has 16 heavy (non-hydrogen) atoms. The average molecular weight is 240 g/mol. The van der Waals surface area contributed by atoms with E-state index in [1.807, 2.05) is 0 Å².